The van der Waals surface area contributed by atoms with Crippen molar-refractivity contribution >= 4 is 0 Å². The van der Waals surface area contributed by atoms with Crippen molar-refractivity contribution in [2.75, 3.05) is 13.1 Å². The third-order valence-corrected chi connectivity index (χ3v) is 4.74. The third-order valence-electron chi connectivity index (χ3n) is 4.74. The zero-order valence-corrected chi connectivity index (χ0v) is 13.3. The van der Waals surface area contributed by atoms with Gasteiger partial charge in [0, 0.05) is 37.4 Å². The molecule has 1 aliphatic rings. The highest BCUT2D eigenvalue weighted by molar-refractivity contribution is 5.06. The minimum Gasteiger partial charge on any atom is -0.329 e. The summed E-state index contributed by atoms with van der Waals surface area (Å²) < 4.78 is 1.89. The highest BCUT2D eigenvalue weighted by atomic mass is 15.3. The number of hydrogen-bond donors (Lipinski definition) is 1. The van der Waals surface area contributed by atoms with Gasteiger partial charge in [0.25, 0.3) is 0 Å². The van der Waals surface area contributed by atoms with Crippen LogP contribution in [0.3, 0.4) is 0 Å². The molecule has 114 valence electrons. The van der Waals surface area contributed by atoms with Crippen molar-refractivity contribution in [2.24, 2.45) is 18.7 Å². The maximum absolute atomic E-state index is 6.23. The third kappa shape index (κ3) is 3.41. The van der Waals surface area contributed by atoms with Crippen LogP contribution < -0.4 is 5.73 Å². The number of rotatable bonds is 6. The van der Waals surface area contributed by atoms with Gasteiger partial charge in [0.15, 0.2) is 0 Å². The fourth-order valence-corrected chi connectivity index (χ4v) is 3.76. The van der Waals surface area contributed by atoms with E-state index < -0.39 is 0 Å². The van der Waals surface area contributed by atoms with Gasteiger partial charge < -0.3 is 5.73 Å². The largest absolute Gasteiger partial charge is 0.329 e. The molecule has 0 aliphatic heterocycles. The Morgan fingerprint density at radius 2 is 2.35 bits per heavy atom. The molecular formula is C16H30N4. The first-order valence-electron chi connectivity index (χ1n) is 8.02. The van der Waals surface area contributed by atoms with Crippen LogP contribution in [-0.4, -0.2) is 33.3 Å². The van der Waals surface area contributed by atoms with Crippen LogP contribution in [0.1, 0.15) is 51.5 Å². The van der Waals surface area contributed by atoms with E-state index in [1.807, 2.05) is 17.9 Å². The van der Waals surface area contributed by atoms with Crippen LogP contribution in [0.5, 0.6) is 0 Å². The van der Waals surface area contributed by atoms with Gasteiger partial charge in [0.05, 0.1) is 6.20 Å². The Hall–Kier alpha value is -0.870. The van der Waals surface area contributed by atoms with Crippen molar-refractivity contribution in [3.8, 4) is 0 Å². The van der Waals surface area contributed by atoms with E-state index in [0.29, 0.717) is 0 Å². The second kappa shape index (κ2) is 6.72. The highest BCUT2D eigenvalue weighted by Crippen LogP contribution is 2.37. The lowest BCUT2D eigenvalue weighted by molar-refractivity contribution is 0.0321. The summed E-state index contributed by atoms with van der Waals surface area (Å²) in [5.74, 6) is 0.792. The second-order valence-corrected chi connectivity index (χ2v) is 6.57. The summed E-state index contributed by atoms with van der Waals surface area (Å²) in [6, 6.07) is 0. The molecule has 4 nitrogen and oxygen atoms in total. The van der Waals surface area contributed by atoms with Gasteiger partial charge in [-0.25, -0.2) is 0 Å². The van der Waals surface area contributed by atoms with Crippen LogP contribution in [-0.2, 0) is 13.6 Å². The molecule has 2 rings (SSSR count). The molecule has 1 aromatic rings. The molecule has 1 aromatic heterocycles. The lowest BCUT2D eigenvalue weighted by atomic mass is 9.75. The SMILES string of the molecule is CCCN(Cc1cnn(C)c1)C1(CN)CCCC(C)C1. The molecule has 0 bridgehead atoms. The van der Waals surface area contributed by atoms with E-state index in [1.165, 1.54) is 37.7 Å². The van der Waals surface area contributed by atoms with Gasteiger partial charge in [-0.1, -0.05) is 26.7 Å². The molecule has 2 N–H and O–H groups in total. The van der Waals surface area contributed by atoms with Crippen molar-refractivity contribution in [3.05, 3.63) is 18.0 Å². The first-order valence-corrected chi connectivity index (χ1v) is 8.02. The number of aromatic nitrogens is 2. The van der Waals surface area contributed by atoms with Gasteiger partial charge in [-0.05, 0) is 31.7 Å². The Bertz CT molecular complexity index is 414. The summed E-state index contributed by atoms with van der Waals surface area (Å²) in [6.45, 7) is 7.51. The van der Waals surface area contributed by atoms with Crippen LogP contribution in [0.2, 0.25) is 0 Å². The lowest BCUT2D eigenvalue weighted by Gasteiger charge is -2.48. The minimum absolute atomic E-state index is 0.198. The maximum atomic E-state index is 6.23. The molecule has 2 unspecified atom stereocenters. The number of nitrogens with two attached hydrogens (primary N) is 1. The number of hydrogen-bond acceptors (Lipinski definition) is 3. The molecule has 0 saturated heterocycles. The molecule has 1 heterocycles. The Morgan fingerprint density at radius 3 is 2.90 bits per heavy atom. The molecular weight excluding hydrogens is 248 g/mol. The monoisotopic (exact) mass is 278 g/mol. The van der Waals surface area contributed by atoms with E-state index in [0.717, 1.165) is 25.6 Å². The van der Waals surface area contributed by atoms with E-state index >= 15 is 0 Å². The summed E-state index contributed by atoms with van der Waals surface area (Å²) >= 11 is 0. The van der Waals surface area contributed by atoms with Crippen molar-refractivity contribution in [1.82, 2.24) is 14.7 Å². The quantitative estimate of drug-likeness (QED) is 0.870. The fraction of sp³-hybridized carbons (Fsp3) is 0.812. The first kappa shape index (κ1) is 15.5. The van der Waals surface area contributed by atoms with E-state index in [9.17, 15) is 0 Å². The average molecular weight is 278 g/mol. The fourth-order valence-electron chi connectivity index (χ4n) is 3.76. The van der Waals surface area contributed by atoms with Crippen molar-refractivity contribution in [2.45, 2.75) is 58.0 Å². The van der Waals surface area contributed by atoms with Gasteiger partial charge in [-0.15, -0.1) is 0 Å². The molecule has 1 aliphatic carbocycles. The van der Waals surface area contributed by atoms with Gasteiger partial charge in [0.1, 0.15) is 0 Å². The summed E-state index contributed by atoms with van der Waals surface area (Å²) in [6.07, 6.45) is 10.4. The zero-order chi connectivity index (χ0) is 14.6. The maximum Gasteiger partial charge on any atom is 0.0534 e. The Labute approximate surface area is 123 Å². The Balaban J connectivity index is 2.16. The van der Waals surface area contributed by atoms with E-state index in [2.05, 4.69) is 30.0 Å². The predicted molar refractivity (Wildman–Crippen MR) is 83.3 cm³/mol. The smallest absolute Gasteiger partial charge is 0.0534 e. The molecule has 1 saturated carbocycles. The normalized spacial score (nSPS) is 27.1. The molecule has 2 atom stereocenters. The van der Waals surface area contributed by atoms with Gasteiger partial charge in [0.2, 0.25) is 0 Å². The Morgan fingerprint density at radius 1 is 1.55 bits per heavy atom. The summed E-state index contributed by atoms with van der Waals surface area (Å²) in [7, 11) is 1.98. The van der Waals surface area contributed by atoms with Crippen molar-refractivity contribution in [1.29, 1.82) is 0 Å². The minimum atomic E-state index is 0.198. The standard InChI is InChI=1S/C16H30N4/c1-4-8-20(12-15-10-18-19(3)11-15)16(13-17)7-5-6-14(2)9-16/h10-11,14H,4-9,12-13,17H2,1-3H3. The van der Waals surface area contributed by atoms with Crippen LogP contribution in [0, 0.1) is 5.92 Å². The van der Waals surface area contributed by atoms with E-state index in [-0.39, 0.29) is 5.54 Å². The van der Waals surface area contributed by atoms with Crippen LogP contribution in [0.25, 0.3) is 0 Å². The lowest BCUT2D eigenvalue weighted by Crippen LogP contribution is -2.56. The second-order valence-electron chi connectivity index (χ2n) is 6.57. The van der Waals surface area contributed by atoms with Gasteiger partial charge in [-0.2, -0.15) is 5.10 Å². The average Bonchev–Trinajstić information content (AvgIpc) is 2.83. The molecule has 0 spiro atoms. The van der Waals surface area contributed by atoms with Gasteiger partial charge >= 0.3 is 0 Å². The first-order chi connectivity index (χ1) is 9.59. The van der Waals surface area contributed by atoms with Crippen molar-refractivity contribution < 1.29 is 0 Å². The number of aryl methyl sites for hydroxylation is 1. The molecule has 0 amide bonds. The van der Waals surface area contributed by atoms with Crippen molar-refractivity contribution in [3.63, 3.8) is 0 Å². The summed E-state index contributed by atoms with van der Waals surface area (Å²) in [5, 5.41) is 4.30. The Kier molecular flexibility index (Phi) is 5.22. The summed E-state index contributed by atoms with van der Waals surface area (Å²) in [5.41, 5.74) is 7.72. The van der Waals surface area contributed by atoms with Crippen LogP contribution >= 0.6 is 0 Å². The molecule has 0 aromatic carbocycles. The number of nitrogens with zero attached hydrogens (tertiary/aromatic N) is 3. The van der Waals surface area contributed by atoms with E-state index in [1.54, 1.807) is 0 Å². The van der Waals surface area contributed by atoms with Crippen LogP contribution in [0.4, 0.5) is 0 Å². The molecule has 20 heavy (non-hydrogen) atoms. The summed E-state index contributed by atoms with van der Waals surface area (Å²) in [4.78, 5) is 2.62. The highest BCUT2D eigenvalue weighted by Gasteiger charge is 2.38. The van der Waals surface area contributed by atoms with E-state index in [4.69, 9.17) is 5.73 Å². The van der Waals surface area contributed by atoms with Gasteiger partial charge in [-0.3, -0.25) is 9.58 Å². The van der Waals surface area contributed by atoms with Crippen LogP contribution in [0.15, 0.2) is 12.4 Å². The molecule has 1 fully saturated rings. The zero-order valence-electron chi connectivity index (χ0n) is 13.3. The topological polar surface area (TPSA) is 47.1 Å². The molecule has 4 heteroatoms. The molecule has 0 radical (unpaired) electrons. The predicted octanol–water partition coefficient (Wildman–Crippen LogP) is 2.54.